The smallest absolute Gasteiger partial charge is 0.332 e. The van der Waals surface area contributed by atoms with E-state index in [-0.39, 0.29) is 6.61 Å². The van der Waals surface area contributed by atoms with Crippen molar-refractivity contribution in [3.8, 4) is 5.75 Å². The fourth-order valence-corrected chi connectivity index (χ4v) is 1.31. The number of carboxylic acid groups (broad SMARTS) is 1. The maximum absolute atomic E-state index is 10.6. The summed E-state index contributed by atoms with van der Waals surface area (Å²) in [5.74, 6) is -0.255. The van der Waals surface area contributed by atoms with Crippen LogP contribution in [0.1, 0.15) is 18.1 Å². The Morgan fingerprint density at radius 3 is 2.75 bits per heavy atom. The van der Waals surface area contributed by atoms with E-state index in [1.54, 1.807) is 7.11 Å². The molecule has 0 unspecified atom stereocenters. The summed E-state index contributed by atoms with van der Waals surface area (Å²) in [6.07, 6.45) is -0.815. The summed E-state index contributed by atoms with van der Waals surface area (Å²) >= 11 is 0. The number of aliphatic carboxylic acids is 1. The highest BCUT2D eigenvalue weighted by Gasteiger charge is 2.12. The third-order valence-electron chi connectivity index (χ3n) is 2.27. The molecule has 0 saturated heterocycles. The molecule has 1 aromatic carbocycles. The second-order valence-corrected chi connectivity index (χ2v) is 3.61. The minimum atomic E-state index is -0.966. The Morgan fingerprint density at radius 1 is 1.50 bits per heavy atom. The topological polar surface area (TPSA) is 55.8 Å². The van der Waals surface area contributed by atoms with Gasteiger partial charge >= 0.3 is 5.97 Å². The molecule has 1 atom stereocenters. The van der Waals surface area contributed by atoms with Gasteiger partial charge in [-0.05, 0) is 19.9 Å². The first-order valence-electron chi connectivity index (χ1n) is 5.02. The number of hydrogen-bond donors (Lipinski definition) is 1. The normalized spacial score (nSPS) is 12.2. The zero-order chi connectivity index (χ0) is 12.1. The van der Waals surface area contributed by atoms with Crippen molar-refractivity contribution in [2.45, 2.75) is 26.6 Å². The van der Waals surface area contributed by atoms with Crippen molar-refractivity contribution >= 4 is 5.97 Å². The van der Waals surface area contributed by atoms with Crippen LogP contribution in [0.5, 0.6) is 5.75 Å². The van der Waals surface area contributed by atoms with Gasteiger partial charge in [0.15, 0.2) is 6.10 Å². The van der Waals surface area contributed by atoms with Crippen molar-refractivity contribution in [2.75, 3.05) is 7.11 Å². The van der Waals surface area contributed by atoms with Crippen LogP contribution >= 0.6 is 0 Å². The fraction of sp³-hybridized carbons (Fsp3) is 0.417. The van der Waals surface area contributed by atoms with Gasteiger partial charge in [-0.15, -0.1) is 0 Å². The Morgan fingerprint density at radius 2 is 2.19 bits per heavy atom. The summed E-state index contributed by atoms with van der Waals surface area (Å²) < 4.78 is 10.4. The molecule has 0 amide bonds. The van der Waals surface area contributed by atoms with Crippen LogP contribution in [0.25, 0.3) is 0 Å². The minimum Gasteiger partial charge on any atom is -0.496 e. The highest BCUT2D eigenvalue weighted by Crippen LogP contribution is 2.20. The maximum Gasteiger partial charge on any atom is 0.332 e. The second kappa shape index (κ2) is 5.51. The van der Waals surface area contributed by atoms with Crippen molar-refractivity contribution in [1.82, 2.24) is 0 Å². The van der Waals surface area contributed by atoms with Gasteiger partial charge in [-0.3, -0.25) is 0 Å². The Hall–Kier alpha value is -1.55. The summed E-state index contributed by atoms with van der Waals surface area (Å²) in [7, 11) is 1.58. The van der Waals surface area contributed by atoms with Gasteiger partial charge < -0.3 is 14.6 Å². The van der Waals surface area contributed by atoms with E-state index in [4.69, 9.17) is 14.6 Å². The molecule has 0 saturated carbocycles. The van der Waals surface area contributed by atoms with Gasteiger partial charge in [0.2, 0.25) is 0 Å². The Kier molecular flexibility index (Phi) is 4.31. The molecule has 0 aliphatic rings. The quantitative estimate of drug-likeness (QED) is 0.831. The molecule has 4 heteroatoms. The lowest BCUT2D eigenvalue weighted by Crippen LogP contribution is -2.19. The molecule has 0 spiro atoms. The van der Waals surface area contributed by atoms with Crippen molar-refractivity contribution in [3.05, 3.63) is 29.3 Å². The van der Waals surface area contributed by atoms with Crippen LogP contribution in [-0.2, 0) is 16.1 Å². The van der Waals surface area contributed by atoms with Crippen LogP contribution in [0.3, 0.4) is 0 Å². The summed E-state index contributed by atoms with van der Waals surface area (Å²) in [5, 5.41) is 8.68. The Labute approximate surface area is 94.8 Å². The molecule has 1 rings (SSSR count). The van der Waals surface area contributed by atoms with E-state index in [1.807, 2.05) is 25.1 Å². The average Bonchev–Trinajstić information content (AvgIpc) is 2.25. The number of carbonyl (C=O) groups is 1. The first-order valence-corrected chi connectivity index (χ1v) is 5.02. The van der Waals surface area contributed by atoms with Gasteiger partial charge in [0.05, 0.1) is 13.7 Å². The van der Waals surface area contributed by atoms with E-state index in [0.29, 0.717) is 5.75 Å². The third-order valence-corrected chi connectivity index (χ3v) is 2.27. The molecule has 4 nitrogen and oxygen atoms in total. The van der Waals surface area contributed by atoms with Gasteiger partial charge in [-0.2, -0.15) is 0 Å². The number of rotatable bonds is 5. The molecule has 1 aromatic rings. The number of benzene rings is 1. The summed E-state index contributed by atoms with van der Waals surface area (Å²) in [6.45, 7) is 3.70. The van der Waals surface area contributed by atoms with Crippen LogP contribution < -0.4 is 4.74 Å². The fourth-order valence-electron chi connectivity index (χ4n) is 1.31. The van der Waals surface area contributed by atoms with Crippen molar-refractivity contribution in [3.63, 3.8) is 0 Å². The van der Waals surface area contributed by atoms with Crippen LogP contribution in [0.2, 0.25) is 0 Å². The van der Waals surface area contributed by atoms with E-state index < -0.39 is 12.1 Å². The SMILES string of the molecule is COc1ccc(C)cc1CO[C@@H](C)C(=O)O. The van der Waals surface area contributed by atoms with E-state index in [0.717, 1.165) is 11.1 Å². The van der Waals surface area contributed by atoms with Crippen LogP contribution in [-0.4, -0.2) is 24.3 Å². The number of aryl methyl sites for hydroxylation is 1. The van der Waals surface area contributed by atoms with Gasteiger partial charge in [-0.1, -0.05) is 17.7 Å². The number of methoxy groups -OCH3 is 1. The molecular weight excluding hydrogens is 208 g/mol. The molecule has 1 N–H and O–H groups in total. The Balaban J connectivity index is 2.72. The Bertz CT molecular complexity index is 373. The first kappa shape index (κ1) is 12.5. The monoisotopic (exact) mass is 224 g/mol. The third kappa shape index (κ3) is 3.24. The molecule has 16 heavy (non-hydrogen) atoms. The van der Waals surface area contributed by atoms with E-state index >= 15 is 0 Å². The molecule has 0 heterocycles. The molecule has 0 radical (unpaired) electrons. The van der Waals surface area contributed by atoms with Gasteiger partial charge in [-0.25, -0.2) is 4.79 Å². The lowest BCUT2D eigenvalue weighted by atomic mass is 10.1. The summed E-state index contributed by atoms with van der Waals surface area (Å²) in [6, 6.07) is 5.70. The largest absolute Gasteiger partial charge is 0.496 e. The van der Waals surface area contributed by atoms with Crippen LogP contribution in [0, 0.1) is 6.92 Å². The zero-order valence-corrected chi connectivity index (χ0v) is 9.69. The van der Waals surface area contributed by atoms with Gasteiger partial charge in [0.25, 0.3) is 0 Å². The zero-order valence-electron chi connectivity index (χ0n) is 9.69. The highest BCUT2D eigenvalue weighted by atomic mass is 16.5. The number of ether oxygens (including phenoxy) is 2. The summed E-state index contributed by atoms with van der Waals surface area (Å²) in [5.41, 5.74) is 1.94. The van der Waals surface area contributed by atoms with E-state index in [9.17, 15) is 4.79 Å². The molecular formula is C12H16O4. The van der Waals surface area contributed by atoms with Gasteiger partial charge in [0.1, 0.15) is 5.75 Å². The molecule has 0 aromatic heterocycles. The van der Waals surface area contributed by atoms with Crippen molar-refractivity contribution in [2.24, 2.45) is 0 Å². The lowest BCUT2D eigenvalue weighted by Gasteiger charge is -2.12. The molecule has 0 aliphatic heterocycles. The first-order chi connectivity index (χ1) is 7.54. The molecule has 0 aliphatic carbocycles. The predicted molar refractivity (Wildman–Crippen MR) is 59.6 cm³/mol. The molecule has 88 valence electrons. The number of carboxylic acids is 1. The van der Waals surface area contributed by atoms with Gasteiger partial charge in [0, 0.05) is 5.56 Å². The molecule has 0 fully saturated rings. The highest BCUT2D eigenvalue weighted by molar-refractivity contribution is 5.71. The van der Waals surface area contributed by atoms with Crippen molar-refractivity contribution < 1.29 is 19.4 Å². The molecule has 0 bridgehead atoms. The minimum absolute atomic E-state index is 0.234. The standard InChI is InChI=1S/C12H16O4/c1-8-4-5-11(15-3)10(6-8)7-16-9(2)12(13)14/h4-6,9H,7H2,1-3H3,(H,13,14)/t9-/m0/s1. The van der Waals surface area contributed by atoms with Crippen molar-refractivity contribution in [1.29, 1.82) is 0 Å². The van der Waals surface area contributed by atoms with E-state index in [2.05, 4.69) is 0 Å². The average molecular weight is 224 g/mol. The van der Waals surface area contributed by atoms with Crippen LogP contribution in [0.4, 0.5) is 0 Å². The predicted octanol–water partition coefficient (Wildman–Crippen LogP) is 1.99. The number of hydrogen-bond acceptors (Lipinski definition) is 3. The van der Waals surface area contributed by atoms with E-state index in [1.165, 1.54) is 6.92 Å². The second-order valence-electron chi connectivity index (χ2n) is 3.61. The summed E-state index contributed by atoms with van der Waals surface area (Å²) in [4.78, 5) is 10.6. The lowest BCUT2D eigenvalue weighted by molar-refractivity contribution is -0.149. The maximum atomic E-state index is 10.6. The van der Waals surface area contributed by atoms with Crippen LogP contribution in [0.15, 0.2) is 18.2 Å².